The van der Waals surface area contributed by atoms with Crippen LogP contribution in [-0.4, -0.2) is 23.5 Å². The van der Waals surface area contributed by atoms with Gasteiger partial charge in [0.05, 0.1) is 0 Å². The molecule has 0 atom stereocenters. The summed E-state index contributed by atoms with van der Waals surface area (Å²) in [5.41, 5.74) is 2.33. The van der Waals surface area contributed by atoms with Gasteiger partial charge in [0, 0.05) is 30.7 Å². The second-order valence-corrected chi connectivity index (χ2v) is 3.96. The predicted molar refractivity (Wildman–Crippen MR) is 59.1 cm³/mol. The molecular formula is C10H16N2S. The maximum atomic E-state index is 4.23. The van der Waals surface area contributed by atoms with Crippen LogP contribution in [0.5, 0.6) is 0 Å². The van der Waals surface area contributed by atoms with Gasteiger partial charge in [-0.05, 0) is 24.8 Å². The minimum absolute atomic E-state index is 0.924. The molecule has 0 fully saturated rings. The lowest BCUT2D eigenvalue weighted by Gasteiger charge is -2.03. The molecule has 0 aliphatic heterocycles. The van der Waals surface area contributed by atoms with E-state index in [4.69, 9.17) is 0 Å². The van der Waals surface area contributed by atoms with Gasteiger partial charge in [-0.25, -0.2) is 0 Å². The van der Waals surface area contributed by atoms with E-state index in [9.17, 15) is 0 Å². The van der Waals surface area contributed by atoms with E-state index < -0.39 is 0 Å². The molecule has 13 heavy (non-hydrogen) atoms. The Labute approximate surface area is 84.1 Å². The van der Waals surface area contributed by atoms with Crippen LogP contribution < -0.4 is 5.32 Å². The molecule has 1 aromatic heterocycles. The van der Waals surface area contributed by atoms with Crippen LogP contribution in [0.25, 0.3) is 0 Å². The van der Waals surface area contributed by atoms with Crippen molar-refractivity contribution in [3.05, 3.63) is 29.6 Å². The first-order valence-corrected chi connectivity index (χ1v) is 5.83. The zero-order chi connectivity index (χ0) is 9.52. The molecule has 3 heteroatoms. The van der Waals surface area contributed by atoms with Crippen molar-refractivity contribution in [2.24, 2.45) is 0 Å². The van der Waals surface area contributed by atoms with E-state index in [2.05, 4.69) is 22.6 Å². The Morgan fingerprint density at radius 2 is 2.31 bits per heavy atom. The summed E-state index contributed by atoms with van der Waals surface area (Å²) < 4.78 is 0. The van der Waals surface area contributed by atoms with E-state index in [0.29, 0.717) is 0 Å². The summed E-state index contributed by atoms with van der Waals surface area (Å²) in [5, 5.41) is 3.36. The highest BCUT2D eigenvalue weighted by atomic mass is 32.2. The van der Waals surface area contributed by atoms with Gasteiger partial charge in [-0.2, -0.15) is 11.8 Å². The molecule has 0 unspecified atom stereocenters. The molecule has 0 amide bonds. The van der Waals surface area contributed by atoms with Crippen LogP contribution >= 0.6 is 11.8 Å². The highest BCUT2D eigenvalue weighted by Gasteiger charge is 1.91. The molecule has 0 bridgehead atoms. The fourth-order valence-corrected chi connectivity index (χ4v) is 1.36. The number of rotatable bonds is 5. The molecule has 0 aromatic carbocycles. The predicted octanol–water partition coefficient (Wildman–Crippen LogP) is 1.84. The van der Waals surface area contributed by atoms with Gasteiger partial charge in [-0.1, -0.05) is 6.07 Å². The Morgan fingerprint density at radius 1 is 1.46 bits per heavy atom. The van der Waals surface area contributed by atoms with E-state index in [1.54, 1.807) is 0 Å². The van der Waals surface area contributed by atoms with E-state index >= 15 is 0 Å². The van der Waals surface area contributed by atoms with Gasteiger partial charge in [0.15, 0.2) is 0 Å². The van der Waals surface area contributed by atoms with Crippen molar-refractivity contribution in [1.29, 1.82) is 0 Å². The lowest BCUT2D eigenvalue weighted by molar-refractivity contribution is 0.729. The van der Waals surface area contributed by atoms with Crippen molar-refractivity contribution >= 4 is 11.8 Å². The number of pyridine rings is 1. The van der Waals surface area contributed by atoms with Crippen LogP contribution in [0.2, 0.25) is 0 Å². The van der Waals surface area contributed by atoms with E-state index in [1.165, 1.54) is 11.3 Å². The summed E-state index contributed by atoms with van der Waals surface area (Å²) in [7, 11) is 0. The Hall–Kier alpha value is -0.540. The maximum absolute atomic E-state index is 4.23. The molecule has 1 rings (SSSR count). The normalized spacial score (nSPS) is 10.3. The average Bonchev–Trinajstić information content (AvgIpc) is 2.15. The minimum Gasteiger partial charge on any atom is -0.312 e. The van der Waals surface area contributed by atoms with Gasteiger partial charge in [-0.3, -0.25) is 4.98 Å². The molecule has 1 N–H and O–H groups in total. The molecule has 1 heterocycles. The van der Waals surface area contributed by atoms with Crippen molar-refractivity contribution in [2.75, 3.05) is 18.6 Å². The quantitative estimate of drug-likeness (QED) is 0.727. The van der Waals surface area contributed by atoms with Crippen LogP contribution in [0.3, 0.4) is 0 Å². The lowest BCUT2D eigenvalue weighted by atomic mass is 10.2. The van der Waals surface area contributed by atoms with Crippen molar-refractivity contribution in [3.8, 4) is 0 Å². The Bertz CT molecular complexity index is 233. The Balaban J connectivity index is 2.25. The van der Waals surface area contributed by atoms with Crippen molar-refractivity contribution in [1.82, 2.24) is 10.3 Å². The summed E-state index contributed by atoms with van der Waals surface area (Å²) in [6.07, 6.45) is 4.05. The summed E-state index contributed by atoms with van der Waals surface area (Å²) >= 11 is 1.86. The third kappa shape index (κ3) is 4.29. The first-order chi connectivity index (χ1) is 6.33. The monoisotopic (exact) mass is 196 g/mol. The van der Waals surface area contributed by atoms with Crippen molar-refractivity contribution in [2.45, 2.75) is 13.5 Å². The number of nitrogens with one attached hydrogen (secondary N) is 1. The van der Waals surface area contributed by atoms with Gasteiger partial charge in [0.2, 0.25) is 0 Å². The Kier molecular flexibility index (Phi) is 4.86. The third-order valence-corrected chi connectivity index (χ3v) is 2.40. The fraction of sp³-hybridized carbons (Fsp3) is 0.500. The largest absolute Gasteiger partial charge is 0.312 e. The van der Waals surface area contributed by atoms with E-state index in [1.807, 2.05) is 30.9 Å². The van der Waals surface area contributed by atoms with Gasteiger partial charge >= 0.3 is 0 Å². The summed E-state index contributed by atoms with van der Waals surface area (Å²) in [6.45, 7) is 3.99. The summed E-state index contributed by atoms with van der Waals surface area (Å²) in [4.78, 5) is 4.23. The topological polar surface area (TPSA) is 24.9 Å². The molecule has 1 aromatic rings. The summed E-state index contributed by atoms with van der Waals surface area (Å²) in [6, 6.07) is 4.17. The number of hydrogen-bond acceptors (Lipinski definition) is 3. The molecule has 0 spiro atoms. The highest BCUT2D eigenvalue weighted by molar-refractivity contribution is 7.98. The van der Waals surface area contributed by atoms with Crippen LogP contribution in [0.4, 0.5) is 0 Å². The minimum atomic E-state index is 0.924. The molecule has 0 saturated heterocycles. The van der Waals surface area contributed by atoms with E-state index in [-0.39, 0.29) is 0 Å². The maximum Gasteiger partial charge on any atom is 0.0372 e. The molecule has 0 aliphatic rings. The van der Waals surface area contributed by atoms with Crippen molar-refractivity contribution in [3.63, 3.8) is 0 Å². The number of aryl methyl sites for hydroxylation is 1. The average molecular weight is 196 g/mol. The fourth-order valence-electron chi connectivity index (χ4n) is 1.01. The molecule has 72 valence electrons. The molecular weight excluding hydrogens is 180 g/mol. The molecule has 0 aliphatic carbocycles. The van der Waals surface area contributed by atoms with Crippen LogP contribution in [0.1, 0.15) is 11.3 Å². The van der Waals surface area contributed by atoms with Crippen LogP contribution in [0.15, 0.2) is 18.3 Å². The van der Waals surface area contributed by atoms with Gasteiger partial charge in [0.25, 0.3) is 0 Å². The second kappa shape index (κ2) is 6.00. The number of hydrogen-bond donors (Lipinski definition) is 1. The number of aromatic nitrogens is 1. The van der Waals surface area contributed by atoms with Gasteiger partial charge in [-0.15, -0.1) is 0 Å². The second-order valence-electron chi connectivity index (χ2n) is 2.98. The smallest absolute Gasteiger partial charge is 0.0372 e. The number of thioether (sulfide) groups is 1. The zero-order valence-corrected chi connectivity index (χ0v) is 9.03. The molecule has 2 nitrogen and oxygen atoms in total. The Morgan fingerprint density at radius 3 is 2.92 bits per heavy atom. The highest BCUT2D eigenvalue weighted by Crippen LogP contribution is 1.98. The SMILES string of the molecule is CSCCNCc1ccc(C)nc1. The standard InChI is InChI=1S/C10H16N2S/c1-9-3-4-10(8-12-9)7-11-5-6-13-2/h3-4,8,11H,5-7H2,1-2H3. The number of nitrogens with zero attached hydrogens (tertiary/aromatic N) is 1. The zero-order valence-electron chi connectivity index (χ0n) is 8.21. The molecule has 0 saturated carbocycles. The van der Waals surface area contributed by atoms with Gasteiger partial charge in [0.1, 0.15) is 0 Å². The van der Waals surface area contributed by atoms with Crippen LogP contribution in [-0.2, 0) is 6.54 Å². The molecule has 0 radical (unpaired) electrons. The van der Waals surface area contributed by atoms with E-state index in [0.717, 1.165) is 18.8 Å². The first kappa shape index (κ1) is 10.5. The van der Waals surface area contributed by atoms with Crippen LogP contribution in [0, 0.1) is 6.92 Å². The third-order valence-electron chi connectivity index (χ3n) is 1.78. The lowest BCUT2D eigenvalue weighted by Crippen LogP contribution is -2.16. The first-order valence-electron chi connectivity index (χ1n) is 4.44. The van der Waals surface area contributed by atoms with Gasteiger partial charge < -0.3 is 5.32 Å². The summed E-state index contributed by atoms with van der Waals surface area (Å²) in [5.74, 6) is 1.17. The van der Waals surface area contributed by atoms with Crippen molar-refractivity contribution < 1.29 is 0 Å².